The van der Waals surface area contributed by atoms with Crippen LogP contribution in [0.15, 0.2) is 46.3 Å². The van der Waals surface area contributed by atoms with Crippen molar-refractivity contribution in [3.8, 4) is 0 Å². The van der Waals surface area contributed by atoms with Crippen LogP contribution in [-0.2, 0) is 17.9 Å². The Kier molecular flexibility index (Phi) is 6.86. The summed E-state index contributed by atoms with van der Waals surface area (Å²) >= 11 is 5.21. The molecule has 1 heterocycles. The number of aliphatic hydroxyl groups excluding tert-OH is 1. The summed E-state index contributed by atoms with van der Waals surface area (Å²) in [5, 5.41) is 12.0. The molecule has 114 valence electrons. The topological polar surface area (TPSA) is 32.7 Å². The van der Waals surface area contributed by atoms with Crippen molar-refractivity contribution >= 4 is 27.3 Å². The fourth-order valence-corrected chi connectivity index (χ4v) is 3.14. The minimum Gasteiger partial charge on any atom is -0.389 e. The summed E-state index contributed by atoms with van der Waals surface area (Å²) in [4.78, 5) is 3.28. The monoisotopic (exact) mass is 369 g/mol. The molecule has 0 bridgehead atoms. The molecule has 1 aromatic heterocycles. The summed E-state index contributed by atoms with van der Waals surface area (Å²) in [7, 11) is 2.00. The van der Waals surface area contributed by atoms with E-state index in [9.17, 15) is 5.11 Å². The molecule has 0 saturated carbocycles. The van der Waals surface area contributed by atoms with Crippen LogP contribution in [0.3, 0.4) is 0 Å². The molecule has 1 atom stereocenters. The first-order valence-electron chi connectivity index (χ1n) is 6.85. The Labute approximate surface area is 138 Å². The number of thiophene rings is 1. The maximum absolute atomic E-state index is 10.0. The van der Waals surface area contributed by atoms with Crippen molar-refractivity contribution in [2.75, 3.05) is 20.2 Å². The lowest BCUT2D eigenvalue weighted by Gasteiger charge is -2.21. The number of aliphatic hydroxyl groups is 1. The number of hydrogen-bond acceptors (Lipinski definition) is 4. The van der Waals surface area contributed by atoms with E-state index in [2.05, 4.69) is 26.9 Å². The van der Waals surface area contributed by atoms with Gasteiger partial charge in [-0.2, -0.15) is 0 Å². The average Bonchev–Trinajstić information content (AvgIpc) is 2.94. The zero-order valence-electron chi connectivity index (χ0n) is 12.0. The van der Waals surface area contributed by atoms with E-state index in [0.717, 1.165) is 11.0 Å². The number of rotatable bonds is 8. The number of nitrogens with zero attached hydrogens (tertiary/aromatic N) is 1. The van der Waals surface area contributed by atoms with Crippen LogP contribution in [0.25, 0.3) is 0 Å². The third kappa shape index (κ3) is 5.88. The van der Waals surface area contributed by atoms with Gasteiger partial charge >= 0.3 is 0 Å². The summed E-state index contributed by atoms with van der Waals surface area (Å²) in [6.45, 7) is 2.32. The second-order valence-electron chi connectivity index (χ2n) is 5.04. The molecule has 0 radical (unpaired) electrons. The van der Waals surface area contributed by atoms with Crippen LogP contribution >= 0.6 is 27.3 Å². The molecular formula is C16H20BrNO2S. The molecule has 21 heavy (non-hydrogen) atoms. The third-order valence-corrected chi connectivity index (χ3v) is 4.68. The highest BCUT2D eigenvalue weighted by molar-refractivity contribution is 9.10. The van der Waals surface area contributed by atoms with Gasteiger partial charge in [0.05, 0.1) is 19.3 Å². The number of ether oxygens (including phenoxy) is 1. The predicted octanol–water partition coefficient (Wildman–Crippen LogP) is 3.52. The average molecular weight is 370 g/mol. The van der Waals surface area contributed by atoms with Gasteiger partial charge in [0.1, 0.15) is 0 Å². The molecule has 0 saturated heterocycles. The molecule has 1 N–H and O–H groups in total. The largest absolute Gasteiger partial charge is 0.389 e. The van der Waals surface area contributed by atoms with E-state index in [1.54, 1.807) is 11.3 Å². The van der Waals surface area contributed by atoms with Gasteiger partial charge in [0.2, 0.25) is 0 Å². The molecule has 1 unspecified atom stereocenters. The van der Waals surface area contributed by atoms with E-state index in [1.165, 1.54) is 10.4 Å². The zero-order chi connectivity index (χ0) is 15.1. The highest BCUT2D eigenvalue weighted by Gasteiger charge is 2.10. The summed E-state index contributed by atoms with van der Waals surface area (Å²) in [6, 6.07) is 12.2. The first-order valence-corrected chi connectivity index (χ1v) is 8.52. The molecule has 2 rings (SSSR count). The van der Waals surface area contributed by atoms with Crippen molar-refractivity contribution in [1.29, 1.82) is 0 Å². The van der Waals surface area contributed by atoms with Gasteiger partial charge < -0.3 is 9.84 Å². The predicted molar refractivity (Wildman–Crippen MR) is 90.5 cm³/mol. The second kappa shape index (κ2) is 8.66. The summed E-state index contributed by atoms with van der Waals surface area (Å²) in [5.74, 6) is 0. The lowest BCUT2D eigenvalue weighted by molar-refractivity contribution is 0.0135. The minimum absolute atomic E-state index is 0.359. The smallest absolute Gasteiger partial charge is 0.0900 e. The molecule has 5 heteroatoms. The van der Waals surface area contributed by atoms with Crippen LogP contribution in [-0.4, -0.2) is 36.3 Å². The highest BCUT2D eigenvalue weighted by Crippen LogP contribution is 2.17. The normalized spacial score (nSPS) is 12.8. The van der Waals surface area contributed by atoms with Gasteiger partial charge in [-0.3, -0.25) is 4.90 Å². The van der Waals surface area contributed by atoms with Crippen LogP contribution in [0, 0.1) is 0 Å². The maximum atomic E-state index is 10.0. The molecule has 3 nitrogen and oxygen atoms in total. The Balaban J connectivity index is 1.69. The van der Waals surface area contributed by atoms with E-state index in [-0.39, 0.29) is 0 Å². The number of likely N-dealkylation sites (N-methyl/N-ethyl adjacent to an activating group) is 1. The van der Waals surface area contributed by atoms with Gasteiger partial charge in [-0.1, -0.05) is 40.2 Å². The maximum Gasteiger partial charge on any atom is 0.0900 e. The molecule has 1 aromatic carbocycles. The van der Waals surface area contributed by atoms with Crippen molar-refractivity contribution in [1.82, 2.24) is 4.90 Å². The van der Waals surface area contributed by atoms with E-state index in [4.69, 9.17) is 4.74 Å². The Bertz CT molecular complexity index is 533. The molecule has 0 fully saturated rings. The Hall–Kier alpha value is -0.720. The number of hydrogen-bond donors (Lipinski definition) is 1. The summed E-state index contributed by atoms with van der Waals surface area (Å²) < 4.78 is 6.64. The van der Waals surface area contributed by atoms with Crippen molar-refractivity contribution in [2.24, 2.45) is 0 Å². The van der Waals surface area contributed by atoms with Crippen molar-refractivity contribution in [2.45, 2.75) is 19.3 Å². The lowest BCUT2D eigenvalue weighted by Crippen LogP contribution is -2.31. The first kappa shape index (κ1) is 16.6. The molecule has 0 spiro atoms. The molecule has 0 aliphatic carbocycles. The second-order valence-corrected chi connectivity index (χ2v) is 6.92. The highest BCUT2D eigenvalue weighted by atomic mass is 79.9. The Morgan fingerprint density at radius 3 is 2.81 bits per heavy atom. The van der Waals surface area contributed by atoms with Crippen LogP contribution in [0.5, 0.6) is 0 Å². The zero-order valence-corrected chi connectivity index (χ0v) is 14.4. The molecule has 0 aliphatic rings. The van der Waals surface area contributed by atoms with Gasteiger partial charge in [-0.15, -0.1) is 11.3 Å². The van der Waals surface area contributed by atoms with E-state index < -0.39 is 6.10 Å². The van der Waals surface area contributed by atoms with Crippen LogP contribution < -0.4 is 0 Å². The van der Waals surface area contributed by atoms with Crippen LogP contribution in [0.1, 0.15) is 10.4 Å². The van der Waals surface area contributed by atoms with E-state index >= 15 is 0 Å². The number of halogens is 1. The van der Waals surface area contributed by atoms with Gasteiger partial charge in [-0.05, 0) is 30.1 Å². The Morgan fingerprint density at radius 1 is 1.29 bits per heavy atom. The minimum atomic E-state index is -0.475. The van der Waals surface area contributed by atoms with E-state index in [1.807, 2.05) is 42.8 Å². The van der Waals surface area contributed by atoms with Gasteiger partial charge in [0, 0.05) is 22.4 Å². The third-order valence-electron chi connectivity index (χ3n) is 3.06. The standard InChI is InChI=1S/C16H20BrNO2S/c1-18(9-13-5-2-3-7-16(13)17)10-14(19)11-20-12-15-6-4-8-21-15/h2-8,14,19H,9-12H2,1H3. The fraction of sp³-hybridized carbons (Fsp3) is 0.375. The van der Waals surface area contributed by atoms with Crippen LogP contribution in [0.4, 0.5) is 0 Å². The quantitative estimate of drug-likeness (QED) is 0.772. The lowest BCUT2D eigenvalue weighted by atomic mass is 10.2. The molecule has 0 amide bonds. The molecule has 2 aromatic rings. The van der Waals surface area contributed by atoms with Crippen LogP contribution in [0.2, 0.25) is 0 Å². The summed E-state index contributed by atoms with van der Waals surface area (Å²) in [5.41, 5.74) is 1.21. The van der Waals surface area contributed by atoms with Crippen molar-refractivity contribution in [3.05, 3.63) is 56.7 Å². The number of benzene rings is 1. The van der Waals surface area contributed by atoms with Gasteiger partial charge in [-0.25, -0.2) is 0 Å². The first-order chi connectivity index (χ1) is 10.1. The Morgan fingerprint density at radius 2 is 2.10 bits per heavy atom. The fourth-order valence-electron chi connectivity index (χ4n) is 2.08. The van der Waals surface area contributed by atoms with E-state index in [0.29, 0.717) is 19.8 Å². The summed E-state index contributed by atoms with van der Waals surface area (Å²) in [6.07, 6.45) is -0.475. The molecule has 0 aliphatic heterocycles. The van der Waals surface area contributed by atoms with Gasteiger partial charge in [0.15, 0.2) is 0 Å². The van der Waals surface area contributed by atoms with Crippen molar-refractivity contribution < 1.29 is 9.84 Å². The SMILES string of the molecule is CN(Cc1ccccc1Br)CC(O)COCc1cccs1. The molecular weight excluding hydrogens is 350 g/mol. The van der Waals surface area contributed by atoms with Crippen molar-refractivity contribution in [3.63, 3.8) is 0 Å². The van der Waals surface area contributed by atoms with Gasteiger partial charge in [0.25, 0.3) is 0 Å².